The van der Waals surface area contributed by atoms with Crippen molar-refractivity contribution in [1.29, 1.82) is 0 Å². The van der Waals surface area contributed by atoms with Crippen LogP contribution in [0.3, 0.4) is 0 Å². The molecule has 0 aliphatic carbocycles. The predicted octanol–water partition coefficient (Wildman–Crippen LogP) is 3.40. The minimum Gasteiger partial charge on any atom is -0.507 e. The highest BCUT2D eigenvalue weighted by molar-refractivity contribution is 5.97. The van der Waals surface area contributed by atoms with Gasteiger partial charge in [0.25, 0.3) is 0 Å². The van der Waals surface area contributed by atoms with Gasteiger partial charge in [0.15, 0.2) is 0 Å². The van der Waals surface area contributed by atoms with Gasteiger partial charge in [-0.25, -0.2) is 9.59 Å². The van der Waals surface area contributed by atoms with Crippen LogP contribution in [0, 0.1) is 12.8 Å². The fourth-order valence-corrected chi connectivity index (χ4v) is 4.95. The van der Waals surface area contributed by atoms with Gasteiger partial charge < -0.3 is 18.8 Å². The van der Waals surface area contributed by atoms with Gasteiger partial charge in [-0.15, -0.1) is 0 Å². The van der Waals surface area contributed by atoms with Crippen LogP contribution in [-0.2, 0) is 6.54 Å². The molecule has 2 N–H and O–H groups in total. The third kappa shape index (κ3) is 3.60. The van der Waals surface area contributed by atoms with Crippen molar-refractivity contribution >= 4 is 21.9 Å². The molecule has 2 atom stereocenters. The average molecular weight is 432 g/mol. The van der Waals surface area contributed by atoms with Gasteiger partial charge in [-0.3, -0.25) is 0 Å². The summed E-state index contributed by atoms with van der Waals surface area (Å²) in [6.45, 7) is 6.80. The van der Waals surface area contributed by atoms with Crippen molar-refractivity contribution in [2.24, 2.45) is 5.92 Å². The average Bonchev–Trinajstić information content (AvgIpc) is 2.77. The topological polar surface area (TPSA) is 85.1 Å². The van der Waals surface area contributed by atoms with E-state index in [4.69, 9.17) is 8.83 Å². The highest BCUT2D eigenvalue weighted by atomic mass is 16.4. The molecule has 6 heteroatoms. The van der Waals surface area contributed by atoms with E-state index in [1.165, 1.54) is 23.8 Å². The molecule has 0 saturated carbocycles. The normalized spacial score (nSPS) is 18.9. The molecule has 32 heavy (non-hydrogen) atoms. The number of phenols is 1. The second kappa shape index (κ2) is 7.95. The molecule has 5 rings (SSSR count). The number of aromatic hydroxyl groups is 1. The quantitative estimate of drug-likeness (QED) is 0.485. The van der Waals surface area contributed by atoms with E-state index in [2.05, 4.69) is 6.92 Å². The zero-order chi connectivity index (χ0) is 22.4. The van der Waals surface area contributed by atoms with Crippen LogP contribution >= 0.6 is 0 Å². The Balaban J connectivity index is 1.71. The largest absolute Gasteiger partial charge is 0.507 e. The molecule has 1 saturated heterocycles. The second-order valence-electron chi connectivity index (χ2n) is 8.98. The molecule has 0 amide bonds. The number of hydrogen-bond donors (Lipinski definition) is 2. The molecule has 4 aromatic rings. The van der Waals surface area contributed by atoms with Crippen molar-refractivity contribution in [1.82, 2.24) is 0 Å². The fraction of sp³-hybridized carbons (Fsp3) is 0.308. The molecular weight excluding hydrogens is 406 g/mol. The smallest absolute Gasteiger partial charge is 0.344 e. The summed E-state index contributed by atoms with van der Waals surface area (Å²) in [4.78, 5) is 26.6. The number of para-hydroxylation sites is 1. The SMILES string of the molecule is Cc1c(O)c(C[NH+]2CCC[C@@H](C)C2)cc2c(-c3cc4ccccc4oc3=O)cc(=O)oc12. The Morgan fingerprint density at radius 3 is 2.72 bits per heavy atom. The molecular formula is C26H26NO5+. The number of piperidine rings is 1. The summed E-state index contributed by atoms with van der Waals surface area (Å²) in [5.74, 6) is 0.798. The van der Waals surface area contributed by atoms with Gasteiger partial charge in [0.1, 0.15) is 23.5 Å². The number of nitrogens with one attached hydrogen (secondary N) is 1. The van der Waals surface area contributed by atoms with Crippen LogP contribution < -0.4 is 16.2 Å². The zero-order valence-electron chi connectivity index (χ0n) is 18.2. The Labute approximate surface area is 184 Å². The molecule has 1 fully saturated rings. The second-order valence-corrected chi connectivity index (χ2v) is 8.98. The lowest BCUT2D eigenvalue weighted by Crippen LogP contribution is -3.12. The molecule has 6 nitrogen and oxygen atoms in total. The van der Waals surface area contributed by atoms with Crippen LogP contribution in [0.25, 0.3) is 33.1 Å². The summed E-state index contributed by atoms with van der Waals surface area (Å²) < 4.78 is 11.0. The van der Waals surface area contributed by atoms with Crippen molar-refractivity contribution in [3.05, 3.63) is 74.4 Å². The third-order valence-electron chi connectivity index (χ3n) is 6.55. The summed E-state index contributed by atoms with van der Waals surface area (Å²) in [7, 11) is 0. The Hall–Kier alpha value is -3.38. The van der Waals surface area contributed by atoms with E-state index >= 15 is 0 Å². The summed E-state index contributed by atoms with van der Waals surface area (Å²) in [5, 5.41) is 12.3. The van der Waals surface area contributed by atoms with Crippen LogP contribution in [0.4, 0.5) is 0 Å². The van der Waals surface area contributed by atoms with Gasteiger partial charge in [0.2, 0.25) is 0 Å². The monoisotopic (exact) mass is 432 g/mol. The molecule has 0 spiro atoms. The van der Waals surface area contributed by atoms with Crippen molar-refractivity contribution in [2.45, 2.75) is 33.2 Å². The van der Waals surface area contributed by atoms with Crippen molar-refractivity contribution in [2.75, 3.05) is 13.1 Å². The number of likely N-dealkylation sites (tertiary alicyclic amines) is 1. The van der Waals surface area contributed by atoms with Crippen LogP contribution in [-0.4, -0.2) is 18.2 Å². The lowest BCUT2D eigenvalue weighted by atomic mass is 9.96. The number of benzene rings is 2. The molecule has 0 bridgehead atoms. The Bertz CT molecular complexity index is 1450. The Kier molecular flexibility index (Phi) is 5.10. The first kappa shape index (κ1) is 20.5. The summed E-state index contributed by atoms with van der Waals surface area (Å²) in [6.07, 6.45) is 2.40. The van der Waals surface area contributed by atoms with Gasteiger partial charge in [-0.1, -0.05) is 25.1 Å². The highest BCUT2D eigenvalue weighted by Crippen LogP contribution is 2.35. The molecule has 1 aliphatic heterocycles. The number of phenolic OH excluding ortho intramolecular Hbond substituents is 1. The van der Waals surface area contributed by atoms with Crippen LogP contribution in [0.2, 0.25) is 0 Å². The number of aryl methyl sites for hydroxylation is 1. The summed E-state index contributed by atoms with van der Waals surface area (Å²) >= 11 is 0. The number of fused-ring (bicyclic) bond motifs is 2. The first-order valence-electron chi connectivity index (χ1n) is 11.1. The van der Waals surface area contributed by atoms with E-state index < -0.39 is 11.3 Å². The molecule has 2 aromatic heterocycles. The van der Waals surface area contributed by atoms with E-state index in [0.717, 1.165) is 24.0 Å². The maximum atomic E-state index is 12.8. The molecule has 2 aromatic carbocycles. The minimum atomic E-state index is -0.578. The number of rotatable bonds is 3. The maximum absolute atomic E-state index is 12.8. The predicted molar refractivity (Wildman–Crippen MR) is 123 cm³/mol. The summed E-state index contributed by atoms with van der Waals surface area (Å²) in [5.41, 5.74) is 1.75. The van der Waals surface area contributed by atoms with Gasteiger partial charge in [-0.2, -0.15) is 0 Å². The maximum Gasteiger partial charge on any atom is 0.344 e. The third-order valence-corrected chi connectivity index (χ3v) is 6.55. The van der Waals surface area contributed by atoms with Crippen molar-refractivity contribution < 1.29 is 18.8 Å². The lowest BCUT2D eigenvalue weighted by Gasteiger charge is -2.28. The van der Waals surface area contributed by atoms with Gasteiger partial charge >= 0.3 is 11.3 Å². The molecule has 0 radical (unpaired) electrons. The van der Waals surface area contributed by atoms with Gasteiger partial charge in [0, 0.05) is 39.4 Å². The first-order valence-corrected chi connectivity index (χ1v) is 11.1. The van der Waals surface area contributed by atoms with E-state index in [1.54, 1.807) is 25.1 Å². The molecule has 164 valence electrons. The van der Waals surface area contributed by atoms with Crippen molar-refractivity contribution in [3.63, 3.8) is 0 Å². The Morgan fingerprint density at radius 1 is 1.09 bits per heavy atom. The minimum absolute atomic E-state index is 0.147. The molecule has 1 unspecified atom stereocenters. The number of hydrogen-bond acceptors (Lipinski definition) is 5. The van der Waals surface area contributed by atoms with E-state index in [0.29, 0.717) is 45.7 Å². The van der Waals surface area contributed by atoms with Gasteiger partial charge in [0.05, 0.1) is 18.7 Å². The van der Waals surface area contributed by atoms with E-state index in [9.17, 15) is 14.7 Å². The first-order chi connectivity index (χ1) is 15.4. The van der Waals surface area contributed by atoms with Crippen LogP contribution in [0.1, 0.15) is 30.9 Å². The van der Waals surface area contributed by atoms with Crippen LogP contribution in [0.5, 0.6) is 5.75 Å². The standard InChI is InChI=1S/C26H25NO5/c1-15-6-5-9-27(13-15)14-18-11-20-19(12-23(28)32-25(20)16(2)24(18)29)21-10-17-7-3-4-8-22(17)31-26(21)30/h3-4,7-8,10-12,15,29H,5-6,9,13-14H2,1-2H3/p+1/t15-/m1/s1. The number of quaternary nitrogens is 1. The Morgan fingerprint density at radius 2 is 1.91 bits per heavy atom. The van der Waals surface area contributed by atoms with E-state index in [1.807, 2.05) is 18.2 Å². The van der Waals surface area contributed by atoms with Crippen LogP contribution in [0.15, 0.2) is 60.9 Å². The molecule has 1 aliphatic rings. The van der Waals surface area contributed by atoms with Crippen molar-refractivity contribution in [3.8, 4) is 16.9 Å². The lowest BCUT2D eigenvalue weighted by molar-refractivity contribution is -0.922. The zero-order valence-corrected chi connectivity index (χ0v) is 18.2. The van der Waals surface area contributed by atoms with E-state index in [-0.39, 0.29) is 5.75 Å². The fourth-order valence-electron chi connectivity index (χ4n) is 4.95. The summed E-state index contributed by atoms with van der Waals surface area (Å²) in [6, 6.07) is 12.2. The molecule has 3 heterocycles. The van der Waals surface area contributed by atoms with Gasteiger partial charge in [-0.05, 0) is 38.0 Å². The highest BCUT2D eigenvalue weighted by Gasteiger charge is 2.24.